The molecule has 0 bridgehead atoms. The summed E-state index contributed by atoms with van der Waals surface area (Å²) in [5.41, 5.74) is -1.09. The molecule has 0 saturated heterocycles. The minimum absolute atomic E-state index is 0.120. The molecule has 0 saturated carbocycles. The first-order valence-corrected chi connectivity index (χ1v) is 5.14. The van der Waals surface area contributed by atoms with Crippen molar-refractivity contribution in [1.82, 2.24) is 5.32 Å². The van der Waals surface area contributed by atoms with Gasteiger partial charge in [-0.3, -0.25) is 4.79 Å². The van der Waals surface area contributed by atoms with Crippen molar-refractivity contribution < 1.29 is 13.6 Å². The standard InChI is InChI=1S/C12H10FNO3/c1-2-14-11(15)8-6-7-4-3-5-9(13)10(7)17-12(8)16/h3-6H,2H2,1H3,(H,14,15). The molecule has 4 nitrogen and oxygen atoms in total. The van der Waals surface area contributed by atoms with Crippen LogP contribution in [0.4, 0.5) is 4.39 Å². The van der Waals surface area contributed by atoms with Gasteiger partial charge in [0.25, 0.3) is 5.91 Å². The number of benzene rings is 1. The van der Waals surface area contributed by atoms with E-state index < -0.39 is 17.3 Å². The molecule has 2 aromatic rings. The molecular weight excluding hydrogens is 225 g/mol. The maximum atomic E-state index is 13.3. The number of carbonyl (C=O) groups is 1. The molecule has 88 valence electrons. The van der Waals surface area contributed by atoms with E-state index >= 15 is 0 Å². The minimum Gasteiger partial charge on any atom is -0.419 e. The van der Waals surface area contributed by atoms with E-state index in [4.69, 9.17) is 4.42 Å². The van der Waals surface area contributed by atoms with E-state index in [-0.39, 0.29) is 11.1 Å². The Kier molecular flexibility index (Phi) is 2.91. The molecule has 1 amide bonds. The lowest BCUT2D eigenvalue weighted by molar-refractivity contribution is 0.0952. The third kappa shape index (κ3) is 2.04. The van der Waals surface area contributed by atoms with Gasteiger partial charge in [-0.1, -0.05) is 12.1 Å². The molecule has 0 aliphatic heterocycles. The molecule has 1 aromatic heterocycles. The number of amides is 1. The van der Waals surface area contributed by atoms with Gasteiger partial charge in [0.2, 0.25) is 0 Å². The van der Waals surface area contributed by atoms with E-state index in [1.54, 1.807) is 13.0 Å². The van der Waals surface area contributed by atoms with Crippen LogP contribution in [-0.2, 0) is 0 Å². The highest BCUT2D eigenvalue weighted by atomic mass is 19.1. The molecule has 2 rings (SSSR count). The van der Waals surface area contributed by atoms with Crippen LogP contribution in [0.5, 0.6) is 0 Å². The second-order valence-electron chi connectivity index (χ2n) is 3.47. The Hall–Kier alpha value is -2.17. The lowest BCUT2D eigenvalue weighted by atomic mass is 10.1. The molecule has 0 fully saturated rings. The Morgan fingerprint density at radius 1 is 1.47 bits per heavy atom. The van der Waals surface area contributed by atoms with Crippen LogP contribution in [0.1, 0.15) is 17.3 Å². The Morgan fingerprint density at radius 3 is 2.94 bits per heavy atom. The van der Waals surface area contributed by atoms with Crippen molar-refractivity contribution in [2.24, 2.45) is 0 Å². The summed E-state index contributed by atoms with van der Waals surface area (Å²) in [4.78, 5) is 23.0. The highest BCUT2D eigenvalue weighted by Gasteiger charge is 2.14. The maximum Gasteiger partial charge on any atom is 0.349 e. The monoisotopic (exact) mass is 235 g/mol. The van der Waals surface area contributed by atoms with Crippen LogP contribution in [0, 0.1) is 5.82 Å². The van der Waals surface area contributed by atoms with Crippen molar-refractivity contribution in [1.29, 1.82) is 0 Å². The molecule has 17 heavy (non-hydrogen) atoms. The predicted octanol–water partition coefficient (Wildman–Crippen LogP) is 1.68. The number of para-hydroxylation sites is 1. The summed E-state index contributed by atoms with van der Waals surface area (Å²) in [7, 11) is 0. The number of fused-ring (bicyclic) bond motifs is 1. The van der Waals surface area contributed by atoms with E-state index in [0.29, 0.717) is 11.9 Å². The Bertz CT molecular complexity index is 633. The summed E-state index contributed by atoms with van der Waals surface area (Å²) in [6.07, 6.45) is 0. The smallest absolute Gasteiger partial charge is 0.349 e. The molecule has 0 unspecified atom stereocenters. The topological polar surface area (TPSA) is 59.3 Å². The van der Waals surface area contributed by atoms with E-state index in [9.17, 15) is 14.0 Å². The molecule has 0 radical (unpaired) electrons. The van der Waals surface area contributed by atoms with Crippen LogP contribution in [0.15, 0.2) is 33.5 Å². The third-order valence-electron chi connectivity index (χ3n) is 2.29. The van der Waals surface area contributed by atoms with E-state index in [0.717, 1.165) is 0 Å². The minimum atomic E-state index is -0.839. The molecule has 5 heteroatoms. The number of nitrogens with one attached hydrogen (secondary N) is 1. The van der Waals surface area contributed by atoms with Gasteiger partial charge in [0.1, 0.15) is 5.56 Å². The Labute approximate surface area is 96.1 Å². The Morgan fingerprint density at radius 2 is 2.24 bits per heavy atom. The number of hydrogen-bond donors (Lipinski definition) is 1. The fraction of sp³-hybridized carbons (Fsp3) is 0.167. The van der Waals surface area contributed by atoms with Gasteiger partial charge < -0.3 is 9.73 Å². The molecule has 1 N–H and O–H groups in total. The molecular formula is C12H10FNO3. The van der Waals surface area contributed by atoms with Gasteiger partial charge in [-0.2, -0.15) is 0 Å². The molecule has 0 aliphatic carbocycles. The number of hydrogen-bond acceptors (Lipinski definition) is 3. The molecule has 0 spiro atoms. The van der Waals surface area contributed by atoms with Crippen molar-refractivity contribution in [3.8, 4) is 0 Å². The first-order chi connectivity index (χ1) is 8.13. The normalized spacial score (nSPS) is 10.5. The van der Waals surface area contributed by atoms with E-state index in [1.807, 2.05) is 0 Å². The highest BCUT2D eigenvalue weighted by molar-refractivity contribution is 5.96. The lowest BCUT2D eigenvalue weighted by Crippen LogP contribution is -2.27. The first kappa shape index (κ1) is 11.3. The quantitative estimate of drug-likeness (QED) is 0.805. The first-order valence-electron chi connectivity index (χ1n) is 5.14. The zero-order valence-corrected chi connectivity index (χ0v) is 9.12. The SMILES string of the molecule is CCNC(=O)c1cc2cccc(F)c2oc1=O. The number of rotatable bonds is 2. The van der Waals surface area contributed by atoms with Crippen LogP contribution >= 0.6 is 0 Å². The van der Waals surface area contributed by atoms with Crippen LogP contribution < -0.4 is 10.9 Å². The average molecular weight is 235 g/mol. The van der Waals surface area contributed by atoms with Crippen LogP contribution in [0.3, 0.4) is 0 Å². The summed E-state index contributed by atoms with van der Waals surface area (Å²) in [6, 6.07) is 5.58. The van der Waals surface area contributed by atoms with Crippen molar-refractivity contribution in [2.75, 3.05) is 6.54 Å². The van der Waals surface area contributed by atoms with Gasteiger partial charge in [-0.05, 0) is 19.1 Å². The van der Waals surface area contributed by atoms with Crippen molar-refractivity contribution in [3.63, 3.8) is 0 Å². The summed E-state index contributed by atoms with van der Waals surface area (Å²) in [6.45, 7) is 2.14. The van der Waals surface area contributed by atoms with E-state index in [1.165, 1.54) is 18.2 Å². The van der Waals surface area contributed by atoms with Gasteiger partial charge in [-0.15, -0.1) is 0 Å². The third-order valence-corrected chi connectivity index (χ3v) is 2.29. The second-order valence-corrected chi connectivity index (χ2v) is 3.47. The second kappa shape index (κ2) is 4.37. The van der Waals surface area contributed by atoms with Crippen LogP contribution in [0.2, 0.25) is 0 Å². The van der Waals surface area contributed by atoms with Crippen molar-refractivity contribution >= 4 is 16.9 Å². The van der Waals surface area contributed by atoms with Gasteiger partial charge in [0.05, 0.1) is 0 Å². The van der Waals surface area contributed by atoms with Crippen LogP contribution in [0.25, 0.3) is 11.0 Å². The Balaban J connectivity index is 2.64. The molecule has 1 aromatic carbocycles. The largest absolute Gasteiger partial charge is 0.419 e. The zero-order valence-electron chi connectivity index (χ0n) is 9.12. The number of halogens is 1. The van der Waals surface area contributed by atoms with Crippen LogP contribution in [-0.4, -0.2) is 12.5 Å². The molecule has 0 atom stereocenters. The molecule has 0 aliphatic rings. The van der Waals surface area contributed by atoms with Crippen molar-refractivity contribution in [3.05, 3.63) is 46.1 Å². The van der Waals surface area contributed by atoms with Gasteiger partial charge >= 0.3 is 5.63 Å². The van der Waals surface area contributed by atoms with Gasteiger partial charge in [-0.25, -0.2) is 9.18 Å². The summed E-state index contributed by atoms with van der Waals surface area (Å²) < 4.78 is 18.1. The predicted molar refractivity (Wildman–Crippen MR) is 60.4 cm³/mol. The van der Waals surface area contributed by atoms with E-state index in [2.05, 4.69) is 5.32 Å². The zero-order chi connectivity index (χ0) is 12.4. The summed E-state index contributed by atoms with van der Waals surface area (Å²) in [5.74, 6) is -1.14. The summed E-state index contributed by atoms with van der Waals surface area (Å²) >= 11 is 0. The lowest BCUT2D eigenvalue weighted by Gasteiger charge is -2.02. The molecule has 1 heterocycles. The highest BCUT2D eigenvalue weighted by Crippen LogP contribution is 2.16. The summed E-state index contributed by atoms with van der Waals surface area (Å²) in [5, 5.41) is 2.87. The fourth-order valence-electron chi connectivity index (χ4n) is 1.52. The number of carbonyl (C=O) groups excluding carboxylic acids is 1. The van der Waals surface area contributed by atoms with Gasteiger partial charge in [0, 0.05) is 11.9 Å². The maximum absolute atomic E-state index is 13.3. The fourth-order valence-corrected chi connectivity index (χ4v) is 1.52. The van der Waals surface area contributed by atoms with Crippen molar-refractivity contribution in [2.45, 2.75) is 6.92 Å². The van der Waals surface area contributed by atoms with Gasteiger partial charge in [0.15, 0.2) is 11.4 Å². The average Bonchev–Trinajstić information content (AvgIpc) is 2.30.